The lowest BCUT2D eigenvalue weighted by Crippen LogP contribution is -2.50. The van der Waals surface area contributed by atoms with E-state index in [1.807, 2.05) is 6.92 Å². The third-order valence-corrected chi connectivity index (χ3v) is 6.41. The smallest absolute Gasteiger partial charge is 0.407 e. The fourth-order valence-electron chi connectivity index (χ4n) is 5.23. The van der Waals surface area contributed by atoms with E-state index in [0.29, 0.717) is 30.5 Å². The van der Waals surface area contributed by atoms with Gasteiger partial charge in [-0.15, -0.1) is 0 Å². The number of benzene rings is 2. The molecule has 2 atom stereocenters. The van der Waals surface area contributed by atoms with Crippen molar-refractivity contribution in [3.05, 3.63) is 79.9 Å². The molecule has 12 nitrogen and oxygen atoms in total. The molecule has 0 radical (unpaired) electrons. The van der Waals surface area contributed by atoms with Crippen molar-refractivity contribution in [3.63, 3.8) is 0 Å². The summed E-state index contributed by atoms with van der Waals surface area (Å²) in [5, 5.41) is 27.5. The van der Waals surface area contributed by atoms with Crippen molar-refractivity contribution in [2.75, 3.05) is 6.54 Å². The van der Waals surface area contributed by atoms with E-state index in [-0.39, 0.29) is 41.5 Å². The van der Waals surface area contributed by atoms with Crippen LogP contribution in [0.25, 0.3) is 0 Å². The molecule has 1 fully saturated rings. The number of amides is 2. The number of carbonyl (C=O) groups excluding carboxylic acids is 2. The van der Waals surface area contributed by atoms with E-state index >= 15 is 0 Å². The molecule has 2 aromatic rings. The van der Waals surface area contributed by atoms with E-state index in [1.54, 1.807) is 12.1 Å². The Hall–Kier alpha value is -4.22. The van der Waals surface area contributed by atoms with Crippen molar-refractivity contribution in [1.29, 1.82) is 0 Å². The standard InChI is InChI=1S/C26H32N4O8/c1-25(2)12-20(28-24(32)38-15-19-7-5-9-22(11-19)30(35)36)13-26(3,16-25)17-27-23(31)37-14-18-6-4-8-21(10-18)29(33)34/h4-11,20H,12-17H2,1-3H3,(H,27,31)(H,28,32). The predicted molar refractivity (Wildman–Crippen MR) is 137 cm³/mol. The van der Waals surface area contributed by atoms with Crippen LogP contribution in [0.1, 0.15) is 51.2 Å². The predicted octanol–water partition coefficient (Wildman–Crippen LogP) is 5.24. The van der Waals surface area contributed by atoms with Crippen molar-refractivity contribution >= 4 is 23.6 Å². The van der Waals surface area contributed by atoms with E-state index in [1.165, 1.54) is 36.4 Å². The number of nitro benzene ring substituents is 2. The van der Waals surface area contributed by atoms with Gasteiger partial charge in [0.25, 0.3) is 11.4 Å². The largest absolute Gasteiger partial charge is 0.445 e. The molecule has 3 rings (SSSR count). The molecule has 2 amide bonds. The lowest BCUT2D eigenvalue weighted by molar-refractivity contribution is -0.385. The van der Waals surface area contributed by atoms with Gasteiger partial charge in [0.15, 0.2) is 0 Å². The molecule has 0 saturated heterocycles. The average Bonchev–Trinajstić information content (AvgIpc) is 2.84. The van der Waals surface area contributed by atoms with Crippen LogP contribution in [-0.4, -0.2) is 34.6 Å². The minimum atomic E-state index is -0.637. The normalized spacial score (nSPS) is 20.1. The SMILES string of the molecule is CC1(C)CC(NC(=O)OCc2cccc([N+](=O)[O-])c2)CC(C)(CNC(=O)OCc2cccc([N+](=O)[O-])c2)C1. The molecule has 1 aliphatic rings. The molecule has 0 bridgehead atoms. The molecule has 1 aliphatic carbocycles. The summed E-state index contributed by atoms with van der Waals surface area (Å²) >= 11 is 0. The second-order valence-corrected chi connectivity index (χ2v) is 10.8. The zero-order chi connectivity index (χ0) is 27.9. The molecule has 12 heteroatoms. The Bertz CT molecular complexity index is 1200. The molecule has 0 heterocycles. The van der Waals surface area contributed by atoms with Gasteiger partial charge in [-0.1, -0.05) is 45.0 Å². The van der Waals surface area contributed by atoms with Crippen LogP contribution in [0.3, 0.4) is 0 Å². The Kier molecular flexibility index (Phi) is 8.87. The Morgan fingerprint density at radius 1 is 0.895 bits per heavy atom. The number of hydrogen-bond acceptors (Lipinski definition) is 8. The first-order chi connectivity index (χ1) is 17.8. The zero-order valence-corrected chi connectivity index (χ0v) is 21.6. The van der Waals surface area contributed by atoms with E-state index in [2.05, 4.69) is 24.5 Å². The van der Waals surface area contributed by atoms with Gasteiger partial charge in [-0.25, -0.2) is 9.59 Å². The highest BCUT2D eigenvalue weighted by molar-refractivity contribution is 5.68. The molecular formula is C26H32N4O8. The molecule has 204 valence electrons. The van der Waals surface area contributed by atoms with Gasteiger partial charge in [-0.3, -0.25) is 20.2 Å². The maximum absolute atomic E-state index is 12.5. The Balaban J connectivity index is 1.50. The molecule has 38 heavy (non-hydrogen) atoms. The summed E-state index contributed by atoms with van der Waals surface area (Å²) in [6.07, 6.45) is 0.846. The number of alkyl carbamates (subject to hydrolysis) is 2. The van der Waals surface area contributed by atoms with Gasteiger partial charge >= 0.3 is 12.2 Å². The van der Waals surface area contributed by atoms with E-state index in [4.69, 9.17) is 9.47 Å². The molecule has 0 spiro atoms. The molecular weight excluding hydrogens is 496 g/mol. The van der Waals surface area contributed by atoms with Crippen molar-refractivity contribution < 1.29 is 28.9 Å². The summed E-state index contributed by atoms with van der Waals surface area (Å²) in [5.74, 6) is 0. The first-order valence-corrected chi connectivity index (χ1v) is 12.1. The highest BCUT2D eigenvalue weighted by Gasteiger charge is 2.42. The van der Waals surface area contributed by atoms with Crippen LogP contribution >= 0.6 is 0 Å². The van der Waals surface area contributed by atoms with Crippen LogP contribution in [0, 0.1) is 31.1 Å². The maximum atomic E-state index is 12.5. The van der Waals surface area contributed by atoms with Crippen LogP contribution in [0.5, 0.6) is 0 Å². The van der Waals surface area contributed by atoms with Crippen molar-refractivity contribution in [2.24, 2.45) is 10.8 Å². The van der Waals surface area contributed by atoms with Crippen LogP contribution < -0.4 is 10.6 Å². The summed E-state index contributed by atoms with van der Waals surface area (Å²) in [6, 6.07) is 11.6. The van der Waals surface area contributed by atoms with E-state index < -0.39 is 22.0 Å². The van der Waals surface area contributed by atoms with Crippen molar-refractivity contribution in [3.8, 4) is 0 Å². The van der Waals surface area contributed by atoms with E-state index in [9.17, 15) is 29.8 Å². The molecule has 2 N–H and O–H groups in total. The minimum Gasteiger partial charge on any atom is -0.445 e. The average molecular weight is 529 g/mol. The lowest BCUT2D eigenvalue weighted by Gasteiger charge is -2.46. The van der Waals surface area contributed by atoms with Gasteiger partial charge in [0.2, 0.25) is 0 Å². The second kappa shape index (κ2) is 11.9. The van der Waals surface area contributed by atoms with Crippen LogP contribution in [0.4, 0.5) is 21.0 Å². The summed E-state index contributed by atoms with van der Waals surface area (Å²) in [4.78, 5) is 45.6. The van der Waals surface area contributed by atoms with Gasteiger partial charge in [0.1, 0.15) is 13.2 Å². The Morgan fingerprint density at radius 3 is 1.95 bits per heavy atom. The van der Waals surface area contributed by atoms with E-state index in [0.717, 1.165) is 6.42 Å². The summed E-state index contributed by atoms with van der Waals surface area (Å²) in [6.45, 7) is 6.32. The van der Waals surface area contributed by atoms with Crippen LogP contribution in [0.2, 0.25) is 0 Å². The number of hydrogen-bond donors (Lipinski definition) is 2. The summed E-state index contributed by atoms with van der Waals surface area (Å²) < 4.78 is 10.5. The third-order valence-electron chi connectivity index (χ3n) is 6.41. The number of ether oxygens (including phenoxy) is 2. The summed E-state index contributed by atoms with van der Waals surface area (Å²) in [5.41, 5.74) is 0.394. The van der Waals surface area contributed by atoms with Crippen molar-refractivity contribution in [1.82, 2.24) is 10.6 Å². The lowest BCUT2D eigenvalue weighted by atomic mass is 9.62. The van der Waals surface area contributed by atoms with Crippen LogP contribution in [0.15, 0.2) is 48.5 Å². The van der Waals surface area contributed by atoms with Gasteiger partial charge < -0.3 is 20.1 Å². The van der Waals surface area contributed by atoms with Crippen molar-refractivity contribution in [2.45, 2.75) is 59.3 Å². The third kappa shape index (κ3) is 8.43. The Labute approximate surface area is 220 Å². The molecule has 1 saturated carbocycles. The first-order valence-electron chi connectivity index (χ1n) is 12.1. The quantitative estimate of drug-likeness (QED) is 0.330. The number of non-ortho nitro benzene ring substituents is 2. The molecule has 0 aliphatic heterocycles. The number of carbonyl (C=O) groups is 2. The minimum absolute atomic E-state index is 0.0765. The maximum Gasteiger partial charge on any atom is 0.407 e. The number of nitrogens with zero attached hydrogens (tertiary/aromatic N) is 2. The molecule has 0 aromatic heterocycles. The first kappa shape index (κ1) is 28.4. The second-order valence-electron chi connectivity index (χ2n) is 10.8. The fraction of sp³-hybridized carbons (Fsp3) is 0.462. The number of rotatable bonds is 9. The highest BCUT2D eigenvalue weighted by atomic mass is 16.6. The zero-order valence-electron chi connectivity index (χ0n) is 21.6. The number of nitrogens with one attached hydrogen (secondary N) is 2. The molecule has 2 aromatic carbocycles. The van der Waals surface area contributed by atoms with Gasteiger partial charge in [0.05, 0.1) is 9.85 Å². The van der Waals surface area contributed by atoms with Gasteiger partial charge in [-0.05, 0) is 41.2 Å². The Morgan fingerprint density at radius 2 is 1.42 bits per heavy atom. The molecule has 2 unspecified atom stereocenters. The topological polar surface area (TPSA) is 163 Å². The van der Waals surface area contributed by atoms with Gasteiger partial charge in [0, 0.05) is 36.9 Å². The number of nitro groups is 2. The highest BCUT2D eigenvalue weighted by Crippen LogP contribution is 2.45. The summed E-state index contributed by atoms with van der Waals surface area (Å²) in [7, 11) is 0. The van der Waals surface area contributed by atoms with Crippen LogP contribution in [-0.2, 0) is 22.7 Å². The fourth-order valence-corrected chi connectivity index (χ4v) is 5.23. The monoisotopic (exact) mass is 528 g/mol. The van der Waals surface area contributed by atoms with Gasteiger partial charge in [-0.2, -0.15) is 0 Å².